The lowest BCUT2D eigenvalue weighted by molar-refractivity contribution is -0.121. The van der Waals surface area contributed by atoms with Crippen molar-refractivity contribution >= 4 is 5.91 Å². The maximum Gasteiger partial charge on any atom is 0.234 e. The molecule has 0 saturated carbocycles. The molecular weight excluding hydrogens is 166 g/mol. The average molecular weight is 181 g/mol. The van der Waals surface area contributed by atoms with Crippen LogP contribution >= 0.6 is 0 Å². The highest BCUT2D eigenvalue weighted by atomic mass is 16.2. The molecule has 0 aromatic rings. The SMILES string of the molecule is CCC(C#N)N1CCCNC(=O)C1. The lowest BCUT2D eigenvalue weighted by Gasteiger charge is -2.22. The summed E-state index contributed by atoms with van der Waals surface area (Å²) < 4.78 is 0. The van der Waals surface area contributed by atoms with E-state index in [2.05, 4.69) is 11.4 Å². The Balaban J connectivity index is 2.56. The normalized spacial score (nSPS) is 21.4. The van der Waals surface area contributed by atoms with E-state index in [0.717, 1.165) is 25.9 Å². The Morgan fingerprint density at radius 3 is 3.15 bits per heavy atom. The predicted octanol–water partition coefficient (Wildman–Crippen LogP) is 0.110. The second-order valence-electron chi connectivity index (χ2n) is 3.23. The van der Waals surface area contributed by atoms with E-state index < -0.39 is 0 Å². The third-order valence-electron chi connectivity index (χ3n) is 2.27. The molecule has 1 N–H and O–H groups in total. The summed E-state index contributed by atoms with van der Waals surface area (Å²) in [5.74, 6) is 0.0335. The third-order valence-corrected chi connectivity index (χ3v) is 2.27. The van der Waals surface area contributed by atoms with Gasteiger partial charge in [0.15, 0.2) is 0 Å². The Bertz CT molecular complexity index is 221. The van der Waals surface area contributed by atoms with Crippen LogP contribution in [0.2, 0.25) is 0 Å². The maximum atomic E-state index is 11.2. The Morgan fingerprint density at radius 1 is 1.77 bits per heavy atom. The number of hydrogen-bond acceptors (Lipinski definition) is 3. The minimum Gasteiger partial charge on any atom is -0.355 e. The first-order chi connectivity index (χ1) is 6.27. The van der Waals surface area contributed by atoms with E-state index in [1.165, 1.54) is 0 Å². The second kappa shape index (κ2) is 4.83. The molecular formula is C9H15N3O. The van der Waals surface area contributed by atoms with Crippen LogP contribution in [-0.2, 0) is 4.79 Å². The maximum absolute atomic E-state index is 11.2. The molecule has 1 atom stereocenters. The van der Waals surface area contributed by atoms with Gasteiger partial charge in [-0.1, -0.05) is 6.92 Å². The van der Waals surface area contributed by atoms with E-state index in [0.29, 0.717) is 6.54 Å². The smallest absolute Gasteiger partial charge is 0.234 e. The molecule has 4 heteroatoms. The van der Waals surface area contributed by atoms with Crippen LogP contribution in [0.4, 0.5) is 0 Å². The second-order valence-corrected chi connectivity index (χ2v) is 3.23. The average Bonchev–Trinajstić information content (AvgIpc) is 2.32. The fourth-order valence-electron chi connectivity index (χ4n) is 1.53. The van der Waals surface area contributed by atoms with Crippen molar-refractivity contribution in [3.8, 4) is 6.07 Å². The van der Waals surface area contributed by atoms with Crippen molar-refractivity contribution in [3.05, 3.63) is 0 Å². The molecule has 1 rings (SSSR count). The Hall–Kier alpha value is -1.08. The molecule has 0 aromatic carbocycles. The van der Waals surface area contributed by atoms with Gasteiger partial charge in [0.2, 0.25) is 5.91 Å². The molecule has 0 aromatic heterocycles. The Labute approximate surface area is 78.5 Å². The number of carbonyl (C=O) groups excluding carboxylic acids is 1. The highest BCUT2D eigenvalue weighted by molar-refractivity contribution is 5.78. The van der Waals surface area contributed by atoms with E-state index in [1.807, 2.05) is 11.8 Å². The molecule has 0 bridgehead atoms. The number of hydrogen-bond donors (Lipinski definition) is 1. The number of amides is 1. The van der Waals surface area contributed by atoms with E-state index >= 15 is 0 Å². The van der Waals surface area contributed by atoms with Crippen LogP contribution in [0.15, 0.2) is 0 Å². The van der Waals surface area contributed by atoms with Gasteiger partial charge in [0.25, 0.3) is 0 Å². The summed E-state index contributed by atoms with van der Waals surface area (Å²) in [7, 11) is 0. The molecule has 1 amide bonds. The molecule has 4 nitrogen and oxygen atoms in total. The number of carbonyl (C=O) groups is 1. The summed E-state index contributed by atoms with van der Waals surface area (Å²) in [5.41, 5.74) is 0. The summed E-state index contributed by atoms with van der Waals surface area (Å²) in [4.78, 5) is 13.1. The molecule has 1 saturated heterocycles. The molecule has 0 aliphatic carbocycles. The fraction of sp³-hybridized carbons (Fsp3) is 0.778. The lowest BCUT2D eigenvalue weighted by atomic mass is 10.2. The monoisotopic (exact) mass is 181 g/mol. The van der Waals surface area contributed by atoms with Gasteiger partial charge >= 0.3 is 0 Å². The van der Waals surface area contributed by atoms with E-state index in [1.54, 1.807) is 0 Å². The van der Waals surface area contributed by atoms with Crippen molar-refractivity contribution in [2.75, 3.05) is 19.6 Å². The number of nitriles is 1. The van der Waals surface area contributed by atoms with Crippen molar-refractivity contribution in [2.24, 2.45) is 0 Å². The van der Waals surface area contributed by atoms with Gasteiger partial charge in [-0.2, -0.15) is 5.26 Å². The van der Waals surface area contributed by atoms with Gasteiger partial charge in [0.1, 0.15) is 0 Å². The molecule has 13 heavy (non-hydrogen) atoms. The van der Waals surface area contributed by atoms with Gasteiger partial charge < -0.3 is 5.32 Å². The highest BCUT2D eigenvalue weighted by Crippen LogP contribution is 2.05. The number of rotatable bonds is 2. The molecule has 1 heterocycles. The molecule has 1 unspecified atom stereocenters. The molecule has 1 aliphatic rings. The van der Waals surface area contributed by atoms with E-state index in [4.69, 9.17) is 5.26 Å². The molecule has 1 aliphatic heterocycles. The minimum atomic E-state index is -0.108. The quantitative estimate of drug-likeness (QED) is 0.658. The van der Waals surface area contributed by atoms with Crippen LogP contribution in [0.5, 0.6) is 0 Å². The zero-order valence-electron chi connectivity index (χ0n) is 7.92. The lowest BCUT2D eigenvalue weighted by Crippen LogP contribution is -2.39. The molecule has 1 fully saturated rings. The van der Waals surface area contributed by atoms with Crippen molar-refractivity contribution in [3.63, 3.8) is 0 Å². The minimum absolute atomic E-state index is 0.0335. The predicted molar refractivity (Wildman–Crippen MR) is 48.9 cm³/mol. The van der Waals surface area contributed by atoms with Crippen LogP contribution in [-0.4, -0.2) is 36.5 Å². The zero-order valence-corrected chi connectivity index (χ0v) is 7.92. The summed E-state index contributed by atoms with van der Waals surface area (Å²) in [6.07, 6.45) is 1.72. The number of nitrogens with one attached hydrogen (secondary N) is 1. The van der Waals surface area contributed by atoms with Gasteiger partial charge in [-0.05, 0) is 12.8 Å². The summed E-state index contributed by atoms with van der Waals surface area (Å²) in [6.45, 7) is 3.91. The molecule has 72 valence electrons. The van der Waals surface area contributed by atoms with Gasteiger partial charge in [-0.3, -0.25) is 9.69 Å². The fourth-order valence-corrected chi connectivity index (χ4v) is 1.53. The van der Waals surface area contributed by atoms with E-state index in [9.17, 15) is 4.79 Å². The van der Waals surface area contributed by atoms with Crippen LogP contribution in [0.25, 0.3) is 0 Å². The zero-order chi connectivity index (χ0) is 9.68. The van der Waals surface area contributed by atoms with Crippen LogP contribution in [0.1, 0.15) is 19.8 Å². The number of nitrogens with zero attached hydrogens (tertiary/aromatic N) is 2. The van der Waals surface area contributed by atoms with Gasteiger partial charge in [0.05, 0.1) is 18.7 Å². The van der Waals surface area contributed by atoms with Gasteiger partial charge in [-0.25, -0.2) is 0 Å². The molecule has 0 spiro atoms. The molecule has 0 radical (unpaired) electrons. The largest absolute Gasteiger partial charge is 0.355 e. The van der Waals surface area contributed by atoms with Crippen LogP contribution < -0.4 is 5.32 Å². The summed E-state index contributed by atoms with van der Waals surface area (Å²) in [6, 6.07) is 2.11. The third kappa shape index (κ3) is 2.71. The van der Waals surface area contributed by atoms with Crippen molar-refractivity contribution in [2.45, 2.75) is 25.8 Å². The van der Waals surface area contributed by atoms with Crippen LogP contribution in [0, 0.1) is 11.3 Å². The van der Waals surface area contributed by atoms with Crippen LogP contribution in [0.3, 0.4) is 0 Å². The van der Waals surface area contributed by atoms with Crippen molar-refractivity contribution in [1.82, 2.24) is 10.2 Å². The topological polar surface area (TPSA) is 56.1 Å². The Kier molecular flexibility index (Phi) is 3.71. The van der Waals surface area contributed by atoms with Crippen molar-refractivity contribution < 1.29 is 4.79 Å². The first-order valence-corrected chi connectivity index (χ1v) is 4.68. The van der Waals surface area contributed by atoms with E-state index in [-0.39, 0.29) is 11.9 Å². The summed E-state index contributed by atoms with van der Waals surface area (Å²) >= 11 is 0. The Morgan fingerprint density at radius 2 is 2.54 bits per heavy atom. The standard InChI is InChI=1S/C9H15N3O/c1-2-8(6-10)12-5-3-4-11-9(13)7-12/h8H,2-5,7H2,1H3,(H,11,13). The first kappa shape index (κ1) is 10.0. The summed E-state index contributed by atoms with van der Waals surface area (Å²) in [5, 5.41) is 11.6. The first-order valence-electron chi connectivity index (χ1n) is 4.68. The van der Waals surface area contributed by atoms with Crippen molar-refractivity contribution in [1.29, 1.82) is 5.26 Å². The van der Waals surface area contributed by atoms with Gasteiger partial charge in [0, 0.05) is 13.1 Å². The van der Waals surface area contributed by atoms with Gasteiger partial charge in [-0.15, -0.1) is 0 Å². The highest BCUT2D eigenvalue weighted by Gasteiger charge is 2.20.